The largest absolute Gasteiger partial charge is 0.493 e. The highest BCUT2D eigenvalue weighted by Crippen LogP contribution is 2.35. The van der Waals surface area contributed by atoms with E-state index in [1.807, 2.05) is 57.1 Å². The van der Waals surface area contributed by atoms with E-state index in [0.717, 1.165) is 34.8 Å². The third kappa shape index (κ3) is 4.75. The summed E-state index contributed by atoms with van der Waals surface area (Å²) in [6, 6.07) is 7.69. The fourth-order valence-corrected chi connectivity index (χ4v) is 3.31. The van der Waals surface area contributed by atoms with Crippen LogP contribution in [-0.4, -0.2) is 44.2 Å². The molecule has 0 spiro atoms. The Balaban J connectivity index is 1.67. The smallest absolute Gasteiger partial charge is 0.244 e. The number of benzene rings is 1. The second-order valence-corrected chi connectivity index (χ2v) is 7.14. The summed E-state index contributed by atoms with van der Waals surface area (Å²) in [5.41, 5.74) is 1.98. The van der Waals surface area contributed by atoms with Gasteiger partial charge in [-0.05, 0) is 58.3 Å². The molecule has 6 heteroatoms. The fraction of sp³-hybridized carbons (Fsp3) is 0.409. The normalized spacial score (nSPS) is 16.8. The molecule has 0 saturated carbocycles. The average molecular weight is 384 g/mol. The molecule has 0 fully saturated rings. The maximum absolute atomic E-state index is 12.3. The van der Waals surface area contributed by atoms with Crippen molar-refractivity contribution >= 4 is 12.0 Å². The summed E-state index contributed by atoms with van der Waals surface area (Å²) in [7, 11) is 3.91. The van der Waals surface area contributed by atoms with Crippen LogP contribution in [0.2, 0.25) is 0 Å². The van der Waals surface area contributed by atoms with Crippen molar-refractivity contribution in [1.29, 1.82) is 0 Å². The first-order chi connectivity index (χ1) is 13.5. The molecule has 1 aliphatic rings. The SMILES string of the molecule is CCOc1cc2c(cc1C=CC(=O)NCC(c1ccco1)N(C)C)OC(C)C2. The van der Waals surface area contributed by atoms with E-state index in [-0.39, 0.29) is 18.1 Å². The highest BCUT2D eigenvalue weighted by atomic mass is 16.5. The van der Waals surface area contributed by atoms with E-state index in [1.165, 1.54) is 6.08 Å². The van der Waals surface area contributed by atoms with Gasteiger partial charge in [0.1, 0.15) is 23.4 Å². The molecule has 2 atom stereocenters. The minimum Gasteiger partial charge on any atom is -0.493 e. The molecule has 1 N–H and O–H groups in total. The summed E-state index contributed by atoms with van der Waals surface area (Å²) in [5, 5.41) is 2.93. The first-order valence-electron chi connectivity index (χ1n) is 9.60. The van der Waals surface area contributed by atoms with E-state index in [9.17, 15) is 4.79 Å². The van der Waals surface area contributed by atoms with E-state index < -0.39 is 0 Å². The van der Waals surface area contributed by atoms with Gasteiger partial charge in [-0.1, -0.05) is 0 Å². The Morgan fingerprint density at radius 1 is 1.43 bits per heavy atom. The molecule has 1 aromatic carbocycles. The van der Waals surface area contributed by atoms with Gasteiger partial charge in [0, 0.05) is 30.2 Å². The lowest BCUT2D eigenvalue weighted by Crippen LogP contribution is -2.33. The average Bonchev–Trinajstić information content (AvgIpc) is 3.28. The summed E-state index contributed by atoms with van der Waals surface area (Å²) in [6.07, 6.45) is 5.97. The Kier molecular flexibility index (Phi) is 6.41. The Morgan fingerprint density at radius 2 is 2.25 bits per heavy atom. The first kappa shape index (κ1) is 20.0. The Hall–Kier alpha value is -2.73. The lowest BCUT2D eigenvalue weighted by Gasteiger charge is -2.22. The van der Waals surface area contributed by atoms with Gasteiger partial charge in [0.05, 0.1) is 18.9 Å². The molecule has 150 valence electrons. The van der Waals surface area contributed by atoms with Crippen molar-refractivity contribution in [3.8, 4) is 11.5 Å². The van der Waals surface area contributed by atoms with E-state index in [2.05, 4.69) is 5.32 Å². The molecule has 1 aromatic heterocycles. The number of furan rings is 1. The van der Waals surface area contributed by atoms with Crippen LogP contribution >= 0.6 is 0 Å². The zero-order chi connectivity index (χ0) is 20.1. The van der Waals surface area contributed by atoms with Crippen LogP contribution in [0.3, 0.4) is 0 Å². The number of nitrogens with one attached hydrogen (secondary N) is 1. The predicted octanol–water partition coefficient (Wildman–Crippen LogP) is 3.43. The Bertz CT molecular complexity index is 827. The molecule has 2 heterocycles. The molecule has 0 aliphatic carbocycles. The van der Waals surface area contributed by atoms with Gasteiger partial charge in [0.2, 0.25) is 5.91 Å². The number of fused-ring (bicyclic) bond motifs is 1. The topological polar surface area (TPSA) is 63.9 Å². The van der Waals surface area contributed by atoms with Crippen LogP contribution in [0.5, 0.6) is 11.5 Å². The van der Waals surface area contributed by atoms with Crippen LogP contribution in [0, 0.1) is 0 Å². The molecule has 6 nitrogen and oxygen atoms in total. The molecule has 1 amide bonds. The summed E-state index contributed by atoms with van der Waals surface area (Å²) in [5.74, 6) is 2.28. The van der Waals surface area contributed by atoms with E-state index in [0.29, 0.717) is 13.2 Å². The van der Waals surface area contributed by atoms with Crippen molar-refractivity contribution in [3.63, 3.8) is 0 Å². The molecule has 28 heavy (non-hydrogen) atoms. The fourth-order valence-electron chi connectivity index (χ4n) is 3.31. The van der Waals surface area contributed by atoms with Gasteiger partial charge in [-0.25, -0.2) is 0 Å². The van der Waals surface area contributed by atoms with Crippen molar-refractivity contribution in [1.82, 2.24) is 10.2 Å². The summed E-state index contributed by atoms with van der Waals surface area (Å²) in [6.45, 7) is 5.01. The van der Waals surface area contributed by atoms with E-state index in [1.54, 1.807) is 12.3 Å². The van der Waals surface area contributed by atoms with Crippen molar-refractivity contribution in [3.05, 3.63) is 53.5 Å². The van der Waals surface area contributed by atoms with Crippen LogP contribution in [0.15, 0.2) is 41.0 Å². The maximum atomic E-state index is 12.3. The van der Waals surface area contributed by atoms with E-state index in [4.69, 9.17) is 13.9 Å². The van der Waals surface area contributed by atoms with Gasteiger partial charge in [-0.15, -0.1) is 0 Å². The molecule has 3 rings (SSSR count). The maximum Gasteiger partial charge on any atom is 0.244 e. The molecule has 2 aromatic rings. The lowest BCUT2D eigenvalue weighted by molar-refractivity contribution is -0.116. The Labute approximate surface area is 166 Å². The summed E-state index contributed by atoms with van der Waals surface area (Å²) >= 11 is 0. The van der Waals surface area contributed by atoms with Gasteiger partial charge >= 0.3 is 0 Å². The number of likely N-dealkylation sites (N-methyl/N-ethyl adjacent to an activating group) is 1. The number of nitrogens with zero attached hydrogens (tertiary/aromatic N) is 1. The standard InChI is InChI=1S/C22H28N2O4/c1-5-26-20-13-17-11-15(2)28-21(17)12-16(20)8-9-22(25)23-14-18(24(3)4)19-7-6-10-27-19/h6-10,12-13,15,18H,5,11,14H2,1-4H3,(H,23,25). The van der Waals surface area contributed by atoms with Gasteiger partial charge in [0.25, 0.3) is 0 Å². The zero-order valence-corrected chi connectivity index (χ0v) is 16.9. The highest BCUT2D eigenvalue weighted by Gasteiger charge is 2.21. The van der Waals surface area contributed by atoms with Crippen molar-refractivity contribution in [2.45, 2.75) is 32.4 Å². The molecule has 0 saturated heterocycles. The number of hydrogen-bond acceptors (Lipinski definition) is 5. The summed E-state index contributed by atoms with van der Waals surface area (Å²) in [4.78, 5) is 14.4. The number of carbonyl (C=O) groups is 1. The minimum absolute atomic E-state index is 0.0267. The molecular weight excluding hydrogens is 356 g/mol. The highest BCUT2D eigenvalue weighted by molar-refractivity contribution is 5.92. The Morgan fingerprint density at radius 3 is 2.93 bits per heavy atom. The number of carbonyl (C=O) groups excluding carboxylic acids is 1. The van der Waals surface area contributed by atoms with Gasteiger partial charge in [-0.2, -0.15) is 0 Å². The third-order valence-corrected chi connectivity index (χ3v) is 4.71. The number of amides is 1. The lowest BCUT2D eigenvalue weighted by atomic mass is 10.1. The van der Waals surface area contributed by atoms with Crippen LogP contribution in [0.25, 0.3) is 6.08 Å². The molecule has 0 radical (unpaired) electrons. The quantitative estimate of drug-likeness (QED) is 0.707. The third-order valence-electron chi connectivity index (χ3n) is 4.71. The first-order valence-corrected chi connectivity index (χ1v) is 9.60. The van der Waals surface area contributed by atoms with E-state index >= 15 is 0 Å². The van der Waals surface area contributed by atoms with Crippen molar-refractivity contribution in [2.75, 3.05) is 27.2 Å². The molecular formula is C22H28N2O4. The second-order valence-electron chi connectivity index (χ2n) is 7.14. The van der Waals surface area contributed by atoms with Crippen molar-refractivity contribution in [2.24, 2.45) is 0 Å². The van der Waals surface area contributed by atoms with Crippen LogP contribution in [0.1, 0.15) is 36.8 Å². The van der Waals surface area contributed by atoms with Crippen LogP contribution in [-0.2, 0) is 11.2 Å². The zero-order valence-electron chi connectivity index (χ0n) is 16.9. The van der Waals surface area contributed by atoms with Crippen LogP contribution in [0.4, 0.5) is 0 Å². The van der Waals surface area contributed by atoms with Crippen molar-refractivity contribution < 1.29 is 18.7 Å². The summed E-state index contributed by atoms with van der Waals surface area (Å²) < 4.78 is 17.0. The molecule has 2 unspecified atom stereocenters. The molecule has 1 aliphatic heterocycles. The van der Waals surface area contributed by atoms with Gasteiger partial charge in [-0.3, -0.25) is 9.69 Å². The minimum atomic E-state index is -0.171. The van der Waals surface area contributed by atoms with Crippen LogP contribution < -0.4 is 14.8 Å². The number of rotatable bonds is 8. The van der Waals surface area contributed by atoms with Gasteiger partial charge < -0.3 is 19.2 Å². The monoisotopic (exact) mass is 384 g/mol. The number of hydrogen-bond donors (Lipinski definition) is 1. The van der Waals surface area contributed by atoms with Gasteiger partial charge in [0.15, 0.2) is 0 Å². The molecule has 0 bridgehead atoms. The predicted molar refractivity (Wildman–Crippen MR) is 109 cm³/mol. The second kappa shape index (κ2) is 8.97. The number of ether oxygens (including phenoxy) is 2.